The van der Waals surface area contributed by atoms with Gasteiger partial charge in [-0.2, -0.15) is 0 Å². The average molecular weight is 499 g/mol. The second-order valence-corrected chi connectivity index (χ2v) is 15.1. The maximum absolute atomic E-state index is 13.3. The average Bonchev–Trinajstić information content (AvgIpc) is 3.09. The van der Waals surface area contributed by atoms with Gasteiger partial charge in [0, 0.05) is 24.2 Å². The molecule has 1 N–H and O–H groups in total. The number of carbonyl (C=O) groups excluding carboxylic acids is 2. The molecule has 0 bridgehead atoms. The molecule has 0 aliphatic heterocycles. The second-order valence-electron chi connectivity index (χ2n) is 15.1. The minimum Gasteiger partial charge on any atom is -0.462 e. The van der Waals surface area contributed by atoms with Crippen LogP contribution in [0, 0.1) is 50.7 Å². The van der Waals surface area contributed by atoms with Gasteiger partial charge in [-0.25, -0.2) is 0 Å². The smallest absolute Gasteiger partial charge is 0.302 e. The van der Waals surface area contributed by atoms with E-state index in [9.17, 15) is 14.7 Å². The predicted molar refractivity (Wildman–Crippen MR) is 142 cm³/mol. The molecular formula is C32H50O4. The van der Waals surface area contributed by atoms with Gasteiger partial charge in [-0.05, 0) is 96.9 Å². The molecule has 4 heteroatoms. The Balaban J connectivity index is 1.55. The van der Waals surface area contributed by atoms with Gasteiger partial charge in [0.05, 0.1) is 6.61 Å². The SMILES string of the molecule is CC(=O)O[C@H]1CC[C@]2(C)C3CC[C@@H]4C5=C(C(C)C)C(=O)C[C@]5(CO)CC[C@@]4(C)[C@]3(C)CC[C@H]2C1(C)C. The summed E-state index contributed by atoms with van der Waals surface area (Å²) in [5.41, 5.74) is 2.66. The predicted octanol–water partition coefficient (Wildman–Crippen LogP) is 6.89. The van der Waals surface area contributed by atoms with E-state index in [1.165, 1.54) is 24.8 Å². The van der Waals surface area contributed by atoms with Crippen molar-refractivity contribution in [2.75, 3.05) is 6.61 Å². The first-order valence-electron chi connectivity index (χ1n) is 14.7. The molecule has 0 aromatic heterocycles. The Labute approximate surface area is 219 Å². The molecule has 0 aromatic rings. The van der Waals surface area contributed by atoms with Gasteiger partial charge in [0.1, 0.15) is 6.10 Å². The number of esters is 1. The van der Waals surface area contributed by atoms with E-state index in [-0.39, 0.29) is 51.7 Å². The maximum atomic E-state index is 13.3. The lowest BCUT2D eigenvalue weighted by Crippen LogP contribution is -2.65. The normalized spacial score (nSPS) is 47.7. The fraction of sp³-hybridized carbons (Fsp3) is 0.875. The number of allylic oxidation sites excluding steroid dienone is 1. The highest BCUT2D eigenvalue weighted by atomic mass is 16.5. The number of ketones is 1. The molecule has 0 amide bonds. The quantitative estimate of drug-likeness (QED) is 0.430. The molecule has 4 fully saturated rings. The molecule has 0 heterocycles. The Morgan fingerprint density at radius 2 is 1.64 bits per heavy atom. The summed E-state index contributed by atoms with van der Waals surface area (Å²) in [4.78, 5) is 25.2. The highest BCUT2D eigenvalue weighted by Gasteiger charge is 2.70. The van der Waals surface area contributed by atoms with Crippen molar-refractivity contribution in [1.29, 1.82) is 0 Å². The van der Waals surface area contributed by atoms with Crippen LogP contribution in [-0.2, 0) is 14.3 Å². The summed E-state index contributed by atoms with van der Waals surface area (Å²) < 4.78 is 5.88. The van der Waals surface area contributed by atoms with Gasteiger partial charge < -0.3 is 9.84 Å². The summed E-state index contributed by atoms with van der Waals surface area (Å²) in [5.74, 6) is 1.94. The van der Waals surface area contributed by atoms with Gasteiger partial charge in [0.15, 0.2) is 5.78 Å². The molecule has 5 aliphatic carbocycles. The number of rotatable bonds is 3. The zero-order valence-electron chi connectivity index (χ0n) is 24.1. The van der Waals surface area contributed by atoms with E-state index >= 15 is 0 Å². The molecule has 0 aromatic carbocycles. The van der Waals surface area contributed by atoms with Crippen molar-refractivity contribution >= 4 is 11.8 Å². The van der Waals surface area contributed by atoms with Crippen LogP contribution in [0.1, 0.15) is 113 Å². The van der Waals surface area contributed by atoms with Crippen LogP contribution in [0.5, 0.6) is 0 Å². The lowest BCUT2D eigenvalue weighted by Gasteiger charge is -2.72. The van der Waals surface area contributed by atoms with E-state index in [1.54, 1.807) is 6.92 Å². The largest absolute Gasteiger partial charge is 0.462 e. The van der Waals surface area contributed by atoms with Gasteiger partial charge >= 0.3 is 5.97 Å². The first-order valence-corrected chi connectivity index (χ1v) is 14.7. The van der Waals surface area contributed by atoms with E-state index < -0.39 is 0 Å². The number of aliphatic hydroxyl groups is 1. The Morgan fingerprint density at radius 3 is 2.25 bits per heavy atom. The molecule has 1 unspecified atom stereocenters. The van der Waals surface area contributed by atoms with Gasteiger partial charge in [0.2, 0.25) is 0 Å². The summed E-state index contributed by atoms with van der Waals surface area (Å²) in [6.45, 7) is 18.4. The standard InChI is InChI=1S/C32H50O4/c1-19(2)26-22(35)17-32(18-33)16-15-30(7)21(27(26)32)9-10-24-29(6)13-12-25(36-20(3)34)28(4,5)23(29)11-14-31(24,30)8/h19,21,23-25,33H,9-18H2,1-8H3/t21-,23+,24?,25+,29+,30-,31-,32+/m1/s1. The summed E-state index contributed by atoms with van der Waals surface area (Å²) >= 11 is 0. The third-order valence-corrected chi connectivity index (χ3v) is 13.1. The van der Waals surface area contributed by atoms with Crippen LogP contribution in [0.3, 0.4) is 0 Å². The van der Waals surface area contributed by atoms with Crippen molar-refractivity contribution in [2.24, 2.45) is 50.7 Å². The van der Waals surface area contributed by atoms with Crippen molar-refractivity contribution in [3.8, 4) is 0 Å². The number of Topliss-reactive ketones (excluding diaryl/α,β-unsaturated/α-hetero) is 1. The van der Waals surface area contributed by atoms with Crippen molar-refractivity contribution < 1.29 is 19.4 Å². The molecule has 4 saturated carbocycles. The number of ether oxygens (including phenoxy) is 1. The van der Waals surface area contributed by atoms with Gasteiger partial charge in [-0.3, -0.25) is 9.59 Å². The minimum atomic E-state index is -0.310. The molecule has 0 saturated heterocycles. The van der Waals surface area contributed by atoms with Crippen molar-refractivity contribution in [1.82, 2.24) is 0 Å². The fourth-order valence-electron chi connectivity index (χ4n) is 11.3. The lowest BCUT2D eigenvalue weighted by molar-refractivity contribution is -0.233. The fourth-order valence-corrected chi connectivity index (χ4v) is 11.3. The van der Waals surface area contributed by atoms with Crippen LogP contribution in [-0.4, -0.2) is 29.6 Å². The van der Waals surface area contributed by atoms with E-state index in [4.69, 9.17) is 4.74 Å². The number of fused-ring (bicyclic) bond motifs is 7. The number of hydrogen-bond acceptors (Lipinski definition) is 4. The van der Waals surface area contributed by atoms with Crippen LogP contribution in [0.2, 0.25) is 0 Å². The van der Waals surface area contributed by atoms with Crippen molar-refractivity contribution in [3.63, 3.8) is 0 Å². The Hall–Kier alpha value is -1.16. The van der Waals surface area contributed by atoms with Crippen LogP contribution in [0.25, 0.3) is 0 Å². The van der Waals surface area contributed by atoms with E-state index in [2.05, 4.69) is 48.5 Å². The molecule has 0 spiro atoms. The van der Waals surface area contributed by atoms with Gasteiger partial charge in [-0.15, -0.1) is 0 Å². The first kappa shape index (κ1) is 26.4. The molecule has 8 atom stereocenters. The van der Waals surface area contributed by atoms with E-state index in [0.29, 0.717) is 30.0 Å². The van der Waals surface area contributed by atoms with Gasteiger partial charge in [0.25, 0.3) is 0 Å². The van der Waals surface area contributed by atoms with Crippen LogP contribution in [0.4, 0.5) is 0 Å². The molecule has 202 valence electrons. The van der Waals surface area contributed by atoms with Crippen molar-refractivity contribution in [3.05, 3.63) is 11.1 Å². The molecular weight excluding hydrogens is 448 g/mol. The first-order chi connectivity index (χ1) is 16.7. The van der Waals surface area contributed by atoms with Crippen LogP contribution in [0.15, 0.2) is 11.1 Å². The molecule has 5 aliphatic rings. The Bertz CT molecular complexity index is 992. The summed E-state index contributed by atoms with van der Waals surface area (Å²) in [7, 11) is 0. The topological polar surface area (TPSA) is 63.6 Å². The van der Waals surface area contributed by atoms with E-state index in [0.717, 1.165) is 37.7 Å². The summed E-state index contributed by atoms with van der Waals surface area (Å²) in [5, 5.41) is 10.7. The van der Waals surface area contributed by atoms with Crippen LogP contribution < -0.4 is 0 Å². The molecule has 5 rings (SSSR count). The maximum Gasteiger partial charge on any atom is 0.302 e. The lowest BCUT2D eigenvalue weighted by atomic mass is 9.33. The molecule has 36 heavy (non-hydrogen) atoms. The number of hydrogen-bond donors (Lipinski definition) is 1. The third kappa shape index (κ3) is 3.21. The Kier molecular flexibility index (Phi) is 6.00. The molecule has 4 nitrogen and oxygen atoms in total. The highest BCUT2D eigenvalue weighted by Crippen LogP contribution is 2.76. The van der Waals surface area contributed by atoms with Gasteiger partial charge in [-0.1, -0.05) is 54.0 Å². The van der Waals surface area contributed by atoms with Crippen LogP contribution >= 0.6 is 0 Å². The summed E-state index contributed by atoms with van der Waals surface area (Å²) in [6, 6.07) is 0. The monoisotopic (exact) mass is 498 g/mol. The minimum absolute atomic E-state index is 0.00691. The number of carbonyl (C=O) groups is 2. The zero-order chi connectivity index (χ0) is 26.5. The zero-order valence-corrected chi connectivity index (χ0v) is 24.1. The Morgan fingerprint density at radius 1 is 0.944 bits per heavy atom. The van der Waals surface area contributed by atoms with Crippen molar-refractivity contribution in [2.45, 2.75) is 119 Å². The second kappa shape index (κ2) is 8.17. The van der Waals surface area contributed by atoms with E-state index in [1.807, 2.05) is 0 Å². The highest BCUT2D eigenvalue weighted by molar-refractivity contribution is 6.00. The third-order valence-electron chi connectivity index (χ3n) is 13.1. The molecule has 0 radical (unpaired) electrons. The summed E-state index contributed by atoms with van der Waals surface area (Å²) in [6.07, 6.45) is 9.36. The number of aliphatic hydroxyl groups excluding tert-OH is 1.